The second-order valence-electron chi connectivity index (χ2n) is 10.3. The molecular formula is C29H35N5O2. The van der Waals surface area contributed by atoms with Gasteiger partial charge < -0.3 is 14.5 Å². The fourth-order valence-corrected chi connectivity index (χ4v) is 6.07. The number of nitrogens with zero attached hydrogens (tertiary/aromatic N) is 5. The molecule has 2 heterocycles. The van der Waals surface area contributed by atoms with Crippen molar-refractivity contribution in [3.8, 4) is 5.75 Å². The van der Waals surface area contributed by atoms with E-state index in [1.54, 1.807) is 19.6 Å². The zero-order chi connectivity index (χ0) is 25.2. The fourth-order valence-electron chi connectivity index (χ4n) is 6.07. The number of urea groups is 1. The summed E-state index contributed by atoms with van der Waals surface area (Å²) in [7, 11) is 6.03. The van der Waals surface area contributed by atoms with E-state index in [0.717, 1.165) is 49.2 Å². The Morgan fingerprint density at radius 1 is 0.944 bits per heavy atom. The topological polar surface area (TPSA) is 61.8 Å². The van der Waals surface area contributed by atoms with Crippen molar-refractivity contribution < 1.29 is 9.53 Å². The van der Waals surface area contributed by atoms with E-state index in [2.05, 4.69) is 64.2 Å². The molecule has 36 heavy (non-hydrogen) atoms. The maximum absolute atomic E-state index is 13.8. The lowest BCUT2D eigenvalue weighted by atomic mass is 9.68. The molecule has 3 aromatic rings. The normalized spacial score (nSPS) is 24.1. The first-order valence-electron chi connectivity index (χ1n) is 12.6. The number of hydrogen-bond acceptors (Lipinski definition) is 5. The smallest absolute Gasteiger partial charge is 0.321 e. The summed E-state index contributed by atoms with van der Waals surface area (Å²) in [5.41, 5.74) is 3.08. The molecule has 0 unspecified atom stereocenters. The highest BCUT2D eigenvalue weighted by Gasteiger charge is 2.54. The SMILES string of the molecule is COc1ccc(CN2C[C@]3(CC[C@](c4ccccc4)(N(C)C)CC3)N(Cc3ccncn3)C2=O)cc1. The first-order chi connectivity index (χ1) is 17.5. The second kappa shape index (κ2) is 9.90. The molecular weight excluding hydrogens is 450 g/mol. The summed E-state index contributed by atoms with van der Waals surface area (Å²) in [6.45, 7) is 1.81. The number of benzene rings is 2. The quantitative estimate of drug-likeness (QED) is 0.486. The summed E-state index contributed by atoms with van der Waals surface area (Å²) in [5, 5.41) is 0. The van der Waals surface area contributed by atoms with Gasteiger partial charge in [-0.25, -0.2) is 14.8 Å². The van der Waals surface area contributed by atoms with Crippen molar-refractivity contribution in [2.24, 2.45) is 0 Å². The first kappa shape index (κ1) is 24.3. The zero-order valence-electron chi connectivity index (χ0n) is 21.4. The van der Waals surface area contributed by atoms with Gasteiger partial charge in [-0.2, -0.15) is 0 Å². The highest BCUT2D eigenvalue weighted by atomic mass is 16.5. The van der Waals surface area contributed by atoms with Gasteiger partial charge in [-0.3, -0.25) is 4.90 Å². The van der Waals surface area contributed by atoms with E-state index in [9.17, 15) is 4.79 Å². The molecule has 2 aromatic carbocycles. The maximum atomic E-state index is 13.8. The zero-order valence-corrected chi connectivity index (χ0v) is 21.4. The number of carbonyl (C=O) groups is 1. The minimum atomic E-state index is -0.219. The average Bonchev–Trinajstić information content (AvgIpc) is 3.16. The van der Waals surface area contributed by atoms with Crippen molar-refractivity contribution in [2.45, 2.75) is 49.9 Å². The van der Waals surface area contributed by atoms with Crippen LogP contribution < -0.4 is 4.74 Å². The molecule has 2 fully saturated rings. The fraction of sp³-hybridized carbons (Fsp3) is 0.414. The molecule has 2 amide bonds. The van der Waals surface area contributed by atoms with Crippen LogP contribution in [0.2, 0.25) is 0 Å². The predicted octanol–water partition coefficient (Wildman–Crippen LogP) is 4.69. The Morgan fingerprint density at radius 2 is 1.67 bits per heavy atom. The highest BCUT2D eigenvalue weighted by Crippen LogP contribution is 2.49. The Bertz CT molecular complexity index is 1160. The van der Waals surface area contributed by atoms with Gasteiger partial charge in [0.25, 0.3) is 0 Å². The number of methoxy groups -OCH3 is 1. The molecule has 5 rings (SSSR count). The van der Waals surface area contributed by atoms with Crippen LogP contribution in [0.4, 0.5) is 4.79 Å². The molecule has 2 aliphatic rings. The van der Waals surface area contributed by atoms with Crippen molar-refractivity contribution in [3.05, 3.63) is 90.0 Å². The third-order valence-corrected chi connectivity index (χ3v) is 8.23. The first-order valence-corrected chi connectivity index (χ1v) is 12.6. The van der Waals surface area contributed by atoms with Crippen LogP contribution in [0.25, 0.3) is 0 Å². The summed E-state index contributed by atoms with van der Waals surface area (Å²) in [4.78, 5) is 28.8. The van der Waals surface area contributed by atoms with Crippen molar-refractivity contribution in [1.29, 1.82) is 0 Å². The van der Waals surface area contributed by atoms with Crippen LogP contribution >= 0.6 is 0 Å². The van der Waals surface area contributed by atoms with Gasteiger partial charge in [0, 0.05) is 24.8 Å². The van der Waals surface area contributed by atoms with Gasteiger partial charge in [0.2, 0.25) is 0 Å². The largest absolute Gasteiger partial charge is 0.497 e. The number of amides is 2. The summed E-state index contributed by atoms with van der Waals surface area (Å²) >= 11 is 0. The van der Waals surface area contributed by atoms with Crippen LogP contribution in [0.3, 0.4) is 0 Å². The minimum Gasteiger partial charge on any atom is -0.497 e. The third-order valence-electron chi connectivity index (χ3n) is 8.23. The number of ether oxygens (including phenoxy) is 1. The lowest BCUT2D eigenvalue weighted by molar-refractivity contribution is 0.0218. The van der Waals surface area contributed by atoms with Crippen LogP contribution in [0, 0.1) is 0 Å². The summed E-state index contributed by atoms with van der Waals surface area (Å²) in [5.74, 6) is 0.821. The molecule has 0 bridgehead atoms. The highest BCUT2D eigenvalue weighted by molar-refractivity contribution is 5.78. The Balaban J connectivity index is 1.43. The van der Waals surface area contributed by atoms with Gasteiger partial charge in [-0.05, 0) is 69.1 Å². The molecule has 1 aliphatic carbocycles. The Labute approximate surface area is 213 Å². The Hall–Kier alpha value is -3.45. The predicted molar refractivity (Wildman–Crippen MR) is 139 cm³/mol. The van der Waals surface area contributed by atoms with E-state index in [0.29, 0.717) is 13.1 Å². The van der Waals surface area contributed by atoms with Crippen molar-refractivity contribution in [3.63, 3.8) is 0 Å². The molecule has 1 saturated heterocycles. The van der Waals surface area contributed by atoms with Crippen LogP contribution in [0.1, 0.15) is 42.5 Å². The lowest BCUT2D eigenvalue weighted by Gasteiger charge is -2.51. The van der Waals surface area contributed by atoms with Crippen molar-refractivity contribution in [1.82, 2.24) is 24.7 Å². The molecule has 1 saturated carbocycles. The van der Waals surface area contributed by atoms with Crippen LogP contribution in [-0.4, -0.2) is 64.0 Å². The van der Waals surface area contributed by atoms with E-state index in [1.165, 1.54) is 5.56 Å². The van der Waals surface area contributed by atoms with Crippen molar-refractivity contribution in [2.75, 3.05) is 27.7 Å². The standard InChI is InChI=1S/C29H35N5O2/c1-32(2)29(24-7-5-4-6-8-24)16-14-28(15-17-29)21-33(19-23-9-11-26(36-3)12-10-23)27(35)34(28)20-25-13-18-30-22-31-25/h4-13,18,22H,14-17,19-21H2,1-3H3/t28-,29+. The average molecular weight is 486 g/mol. The summed E-state index contributed by atoms with van der Waals surface area (Å²) < 4.78 is 5.30. The molecule has 1 aromatic heterocycles. The van der Waals surface area contributed by atoms with Gasteiger partial charge in [-0.15, -0.1) is 0 Å². The number of aromatic nitrogens is 2. The van der Waals surface area contributed by atoms with Crippen LogP contribution in [0.15, 0.2) is 73.2 Å². The van der Waals surface area contributed by atoms with Gasteiger partial charge in [-0.1, -0.05) is 42.5 Å². The van der Waals surface area contributed by atoms with E-state index < -0.39 is 0 Å². The van der Waals surface area contributed by atoms with E-state index >= 15 is 0 Å². The van der Waals surface area contributed by atoms with E-state index in [-0.39, 0.29) is 17.1 Å². The molecule has 7 heteroatoms. The van der Waals surface area contributed by atoms with Crippen LogP contribution in [0.5, 0.6) is 5.75 Å². The van der Waals surface area contributed by atoms with E-state index in [1.807, 2.05) is 35.2 Å². The molecule has 1 spiro atoms. The molecule has 0 atom stereocenters. The summed E-state index contributed by atoms with van der Waals surface area (Å²) in [6.07, 6.45) is 7.18. The maximum Gasteiger partial charge on any atom is 0.321 e. The molecule has 7 nitrogen and oxygen atoms in total. The molecule has 0 N–H and O–H groups in total. The Kier molecular flexibility index (Phi) is 6.67. The van der Waals surface area contributed by atoms with Crippen LogP contribution in [-0.2, 0) is 18.6 Å². The number of rotatable bonds is 7. The lowest BCUT2D eigenvalue weighted by Crippen LogP contribution is -2.55. The number of hydrogen-bond donors (Lipinski definition) is 0. The summed E-state index contributed by atoms with van der Waals surface area (Å²) in [6, 6.07) is 20.8. The monoisotopic (exact) mass is 485 g/mol. The third kappa shape index (κ3) is 4.44. The van der Waals surface area contributed by atoms with Gasteiger partial charge in [0.1, 0.15) is 12.1 Å². The minimum absolute atomic E-state index is 0.0282. The molecule has 0 radical (unpaired) electrons. The molecule has 1 aliphatic heterocycles. The molecule has 188 valence electrons. The Morgan fingerprint density at radius 3 is 2.28 bits per heavy atom. The van der Waals surface area contributed by atoms with Crippen molar-refractivity contribution >= 4 is 6.03 Å². The number of carbonyl (C=O) groups excluding carboxylic acids is 1. The van der Waals surface area contributed by atoms with Gasteiger partial charge >= 0.3 is 6.03 Å². The van der Waals surface area contributed by atoms with Gasteiger partial charge in [0.05, 0.1) is 24.9 Å². The van der Waals surface area contributed by atoms with Gasteiger partial charge in [0.15, 0.2) is 0 Å². The second-order valence-corrected chi connectivity index (χ2v) is 10.3. The van der Waals surface area contributed by atoms with E-state index in [4.69, 9.17) is 4.74 Å².